The number of carbonyl (C=O) groups excluding carboxylic acids is 6. The van der Waals surface area contributed by atoms with Gasteiger partial charge in [0, 0.05) is 26.2 Å². The first-order valence-corrected chi connectivity index (χ1v) is 17.4. The average molecular weight is 751 g/mol. The van der Waals surface area contributed by atoms with E-state index in [0.29, 0.717) is 22.7 Å². The van der Waals surface area contributed by atoms with Gasteiger partial charge in [-0.15, -0.1) is 22.7 Å². The van der Waals surface area contributed by atoms with Crippen LogP contribution in [-0.2, 0) is 19.1 Å². The van der Waals surface area contributed by atoms with Gasteiger partial charge < -0.3 is 29.9 Å². The lowest BCUT2D eigenvalue weighted by molar-refractivity contribution is -0.204. The van der Waals surface area contributed by atoms with Crippen LogP contribution in [0.1, 0.15) is 107 Å². The van der Waals surface area contributed by atoms with Crippen LogP contribution in [-0.4, -0.2) is 95.6 Å². The SMILES string of the molecule is CCN(CC)C(=O)c1sc(NC(=O)C(F)(F)C(F)(F)C(=O)Nc2sc(C(=O)N(CC)CC)c(C)c2C(=O)OC(C)C)c(C(=O)OC(C)C)c1C. The summed E-state index contributed by atoms with van der Waals surface area (Å²) in [5, 5.41) is 1.86. The maximum absolute atomic E-state index is 15.4. The third-order valence-electron chi connectivity index (χ3n) is 7.30. The van der Waals surface area contributed by atoms with Crippen LogP contribution >= 0.6 is 22.7 Å². The van der Waals surface area contributed by atoms with E-state index in [0.717, 1.165) is 0 Å². The molecule has 0 atom stereocenters. The number of hydrogen-bond acceptors (Lipinski definition) is 10. The minimum atomic E-state index is -5.75. The fourth-order valence-corrected chi connectivity index (χ4v) is 6.92. The Morgan fingerprint density at radius 3 is 1.14 bits per heavy atom. The van der Waals surface area contributed by atoms with Gasteiger partial charge >= 0.3 is 35.6 Å². The molecular formula is C32H42F4N4O8S2. The van der Waals surface area contributed by atoms with Crippen molar-refractivity contribution in [3.05, 3.63) is 32.0 Å². The maximum Gasteiger partial charge on any atom is 0.396 e. The maximum atomic E-state index is 15.4. The molecule has 0 radical (unpaired) electrons. The molecule has 0 bridgehead atoms. The zero-order chi connectivity index (χ0) is 38.5. The van der Waals surface area contributed by atoms with Crippen molar-refractivity contribution in [2.24, 2.45) is 0 Å². The minimum Gasteiger partial charge on any atom is -0.459 e. The molecule has 0 saturated carbocycles. The van der Waals surface area contributed by atoms with Gasteiger partial charge in [0.1, 0.15) is 10.0 Å². The topological polar surface area (TPSA) is 151 Å². The molecule has 50 heavy (non-hydrogen) atoms. The molecule has 0 unspecified atom stereocenters. The van der Waals surface area contributed by atoms with Crippen molar-refractivity contribution in [3.8, 4) is 0 Å². The summed E-state index contributed by atoms with van der Waals surface area (Å²) < 4.78 is 71.7. The summed E-state index contributed by atoms with van der Waals surface area (Å²) in [5.41, 5.74) is -1.07. The molecule has 0 aliphatic carbocycles. The number of rotatable bonds is 15. The van der Waals surface area contributed by atoms with E-state index in [2.05, 4.69) is 0 Å². The average Bonchev–Trinajstić information content (AvgIpc) is 3.52. The molecule has 2 aromatic rings. The van der Waals surface area contributed by atoms with E-state index in [1.165, 1.54) is 51.3 Å². The number of nitrogens with one attached hydrogen (secondary N) is 2. The van der Waals surface area contributed by atoms with E-state index in [4.69, 9.17) is 9.47 Å². The van der Waals surface area contributed by atoms with Crippen molar-refractivity contribution in [3.63, 3.8) is 0 Å². The lowest BCUT2D eigenvalue weighted by Gasteiger charge is -2.24. The highest BCUT2D eigenvalue weighted by Gasteiger charge is 2.67. The molecule has 2 aromatic heterocycles. The van der Waals surface area contributed by atoms with Crippen LogP contribution in [0.3, 0.4) is 0 Å². The Hall–Kier alpha value is -4.06. The molecule has 2 N–H and O–H groups in total. The summed E-state index contributed by atoms with van der Waals surface area (Å²) in [7, 11) is 0. The van der Waals surface area contributed by atoms with Gasteiger partial charge in [-0.05, 0) is 80.4 Å². The summed E-state index contributed by atoms with van der Waals surface area (Å²) in [6, 6.07) is 0. The molecule has 0 aliphatic heterocycles. The minimum absolute atomic E-state index is 0.0374. The predicted octanol–water partition coefficient (Wildman–Crippen LogP) is 6.37. The second-order valence-corrected chi connectivity index (χ2v) is 13.5. The summed E-state index contributed by atoms with van der Waals surface area (Å²) in [4.78, 5) is 80.3. The van der Waals surface area contributed by atoms with E-state index >= 15 is 17.6 Å². The number of hydrogen-bond donors (Lipinski definition) is 2. The van der Waals surface area contributed by atoms with Gasteiger partial charge in [0.15, 0.2) is 0 Å². The van der Waals surface area contributed by atoms with Crippen molar-refractivity contribution in [2.75, 3.05) is 36.8 Å². The number of alkyl halides is 4. The van der Waals surface area contributed by atoms with Gasteiger partial charge in [0.2, 0.25) is 0 Å². The summed E-state index contributed by atoms with van der Waals surface area (Å²) in [6.45, 7) is 16.2. The summed E-state index contributed by atoms with van der Waals surface area (Å²) in [6.07, 6.45) is -1.43. The summed E-state index contributed by atoms with van der Waals surface area (Å²) in [5.74, 6) is -20.3. The lowest BCUT2D eigenvalue weighted by atomic mass is 10.1. The third-order valence-corrected chi connectivity index (χ3v) is 9.69. The van der Waals surface area contributed by atoms with Gasteiger partial charge in [-0.25, -0.2) is 9.59 Å². The Labute approximate surface area is 295 Å². The van der Waals surface area contributed by atoms with Gasteiger partial charge in [-0.1, -0.05) is 0 Å². The van der Waals surface area contributed by atoms with Crippen molar-refractivity contribution in [1.82, 2.24) is 9.80 Å². The number of thiophene rings is 2. The Morgan fingerprint density at radius 1 is 0.620 bits per heavy atom. The van der Waals surface area contributed by atoms with E-state index < -0.39 is 80.7 Å². The fourth-order valence-electron chi connectivity index (χ4n) is 4.61. The standard InChI is InChI=1S/C32H42F4N4O8S2/c1-11-39(12-2)25(41)21-17(9)19(27(43)47-15(5)6)23(49-21)37-29(45)31(33,34)32(35,36)30(46)38-24-20(28(44)48-16(7)8)18(10)22(50-24)26(42)40(13-3)14-4/h15-16H,11-14H2,1-10H3,(H,37,45)(H,38,46). The normalized spacial score (nSPS) is 11.8. The Kier molecular flexibility index (Phi) is 14.1. The molecule has 278 valence electrons. The van der Waals surface area contributed by atoms with Crippen molar-refractivity contribution < 1.29 is 55.8 Å². The quantitative estimate of drug-likeness (QED) is 0.158. The first kappa shape index (κ1) is 42.1. The van der Waals surface area contributed by atoms with E-state index in [9.17, 15) is 28.8 Å². The molecular weight excluding hydrogens is 708 g/mol. The van der Waals surface area contributed by atoms with E-state index in [1.54, 1.807) is 38.3 Å². The van der Waals surface area contributed by atoms with Crippen LogP contribution in [0.2, 0.25) is 0 Å². The van der Waals surface area contributed by atoms with E-state index in [1.807, 2.05) is 0 Å². The van der Waals surface area contributed by atoms with Gasteiger partial charge in [0.05, 0.1) is 33.1 Å². The second kappa shape index (κ2) is 16.8. The highest BCUT2D eigenvalue weighted by Crippen LogP contribution is 2.41. The molecule has 0 fully saturated rings. The number of ether oxygens (including phenoxy) is 2. The molecule has 0 saturated heterocycles. The number of anilines is 2. The number of halogens is 4. The molecule has 18 heteroatoms. The third kappa shape index (κ3) is 8.62. The van der Waals surface area contributed by atoms with Crippen LogP contribution in [0.15, 0.2) is 0 Å². The van der Waals surface area contributed by atoms with Crippen LogP contribution < -0.4 is 10.6 Å². The number of amides is 4. The monoisotopic (exact) mass is 750 g/mol. The Bertz CT molecular complexity index is 1510. The van der Waals surface area contributed by atoms with Gasteiger partial charge in [-0.2, -0.15) is 17.6 Å². The Balaban J connectivity index is 2.57. The molecule has 0 spiro atoms. The van der Waals surface area contributed by atoms with E-state index in [-0.39, 0.29) is 47.1 Å². The Morgan fingerprint density at radius 2 is 0.900 bits per heavy atom. The first-order valence-electron chi connectivity index (χ1n) is 15.8. The zero-order valence-electron chi connectivity index (χ0n) is 29.5. The molecule has 12 nitrogen and oxygen atoms in total. The van der Waals surface area contributed by atoms with Gasteiger partial charge in [-0.3, -0.25) is 19.2 Å². The highest BCUT2D eigenvalue weighted by atomic mass is 32.1. The molecule has 4 amide bonds. The largest absolute Gasteiger partial charge is 0.459 e. The molecule has 0 aromatic carbocycles. The highest BCUT2D eigenvalue weighted by molar-refractivity contribution is 7.19. The first-order chi connectivity index (χ1) is 23.1. The van der Waals surface area contributed by atoms with Gasteiger partial charge in [0.25, 0.3) is 11.8 Å². The van der Waals surface area contributed by atoms with Crippen LogP contribution in [0.4, 0.5) is 27.6 Å². The predicted molar refractivity (Wildman–Crippen MR) is 181 cm³/mol. The van der Waals surface area contributed by atoms with Crippen LogP contribution in [0.5, 0.6) is 0 Å². The van der Waals surface area contributed by atoms with Crippen molar-refractivity contribution in [2.45, 2.75) is 93.3 Å². The van der Waals surface area contributed by atoms with Crippen molar-refractivity contribution in [1.29, 1.82) is 0 Å². The summed E-state index contributed by atoms with van der Waals surface area (Å²) >= 11 is 0.818. The fraction of sp³-hybridized carbons (Fsp3) is 0.562. The molecule has 2 heterocycles. The number of carbonyl (C=O) groups is 6. The van der Waals surface area contributed by atoms with Crippen LogP contribution in [0, 0.1) is 13.8 Å². The second-order valence-electron chi connectivity index (χ2n) is 11.4. The van der Waals surface area contributed by atoms with Crippen LogP contribution in [0.25, 0.3) is 0 Å². The molecule has 2 rings (SSSR count). The smallest absolute Gasteiger partial charge is 0.396 e. The zero-order valence-corrected chi connectivity index (χ0v) is 31.1. The van der Waals surface area contributed by atoms with Crippen molar-refractivity contribution >= 4 is 68.2 Å². The number of nitrogens with zero attached hydrogens (tertiary/aromatic N) is 2. The number of esters is 2. The molecule has 0 aliphatic rings. The lowest BCUT2D eigenvalue weighted by Crippen LogP contribution is -2.56.